The molecule has 180 valence electrons. The van der Waals surface area contributed by atoms with Crippen LogP contribution in [0.2, 0.25) is 0 Å². The average molecular weight is 489 g/mol. The van der Waals surface area contributed by atoms with E-state index in [1.165, 1.54) is 40.2 Å². The summed E-state index contributed by atoms with van der Waals surface area (Å²) in [5, 5.41) is 5.25. The molecule has 2 heterocycles. The number of rotatable bonds is 3. The Labute approximate surface area is 195 Å². The fourth-order valence-corrected chi connectivity index (χ4v) is 3.76. The molecule has 0 aromatic heterocycles. The van der Waals surface area contributed by atoms with Crippen molar-refractivity contribution < 1.29 is 36.2 Å². The van der Waals surface area contributed by atoms with Crippen molar-refractivity contribution in [1.29, 1.82) is 0 Å². The lowest BCUT2D eigenvalue weighted by molar-refractivity contribution is -0.281. The largest absolute Gasteiger partial charge is 0.468 e. The molecule has 2 aliphatic heterocycles. The maximum absolute atomic E-state index is 14.4. The Morgan fingerprint density at radius 3 is 2.46 bits per heavy atom. The lowest BCUT2D eigenvalue weighted by atomic mass is 10.0. The van der Waals surface area contributed by atoms with Crippen molar-refractivity contribution in [2.75, 3.05) is 11.4 Å². The second-order valence-corrected chi connectivity index (χ2v) is 7.73. The van der Waals surface area contributed by atoms with Gasteiger partial charge in [-0.15, -0.1) is 0 Å². The van der Waals surface area contributed by atoms with E-state index in [9.17, 15) is 26.7 Å². The molecular formula is C24H16F5N3O3. The maximum Gasteiger partial charge on any atom is 0.468 e. The highest BCUT2D eigenvalue weighted by Crippen LogP contribution is 2.44. The van der Waals surface area contributed by atoms with E-state index in [1.54, 1.807) is 6.21 Å². The summed E-state index contributed by atoms with van der Waals surface area (Å²) in [4.78, 5) is 14.6. The predicted molar refractivity (Wildman–Crippen MR) is 117 cm³/mol. The fourth-order valence-electron chi connectivity index (χ4n) is 3.76. The molecule has 0 saturated heterocycles. The summed E-state index contributed by atoms with van der Waals surface area (Å²) in [6.07, 6.45) is -5.10. The summed E-state index contributed by atoms with van der Waals surface area (Å²) in [6, 6.07) is 11.8. The van der Waals surface area contributed by atoms with Gasteiger partial charge < -0.3 is 9.47 Å². The molecule has 0 N–H and O–H groups in total. The third kappa shape index (κ3) is 4.25. The first kappa shape index (κ1) is 22.6. The standard InChI is InChI=1S/C24H16F5N3O3/c25-15-3-6-17(7-4-15)32(23(33)31-11-1-10-30-31)19-8-5-16(26)13-18(19)14-2-9-20-21(12-14)34-22(27)24(28,29)35-20/h2-10,12-13,22H,1,11H2. The van der Waals surface area contributed by atoms with Gasteiger partial charge in [-0.3, -0.25) is 4.90 Å². The molecule has 35 heavy (non-hydrogen) atoms. The van der Waals surface area contributed by atoms with Gasteiger partial charge in [0.1, 0.15) is 11.6 Å². The highest BCUT2D eigenvalue weighted by atomic mass is 19.3. The Kier molecular flexibility index (Phi) is 5.54. The summed E-state index contributed by atoms with van der Waals surface area (Å²) in [5.74, 6) is -1.90. The van der Waals surface area contributed by atoms with E-state index in [1.807, 2.05) is 0 Å². The first-order chi connectivity index (χ1) is 16.7. The molecule has 11 heteroatoms. The van der Waals surface area contributed by atoms with Gasteiger partial charge in [-0.05, 0) is 60.2 Å². The van der Waals surface area contributed by atoms with Crippen LogP contribution in [0.25, 0.3) is 11.1 Å². The Balaban J connectivity index is 1.63. The normalized spacial score (nSPS) is 18.0. The number of nitrogens with zero attached hydrogens (tertiary/aromatic N) is 3. The number of halogens is 5. The molecule has 0 saturated carbocycles. The van der Waals surface area contributed by atoms with Crippen molar-refractivity contribution in [1.82, 2.24) is 5.01 Å². The van der Waals surface area contributed by atoms with Gasteiger partial charge in [0, 0.05) is 18.2 Å². The Bertz CT molecular complexity index is 1320. The second-order valence-electron chi connectivity index (χ2n) is 7.73. The first-order valence-corrected chi connectivity index (χ1v) is 10.4. The van der Waals surface area contributed by atoms with Gasteiger partial charge in [0.05, 0.1) is 17.9 Å². The van der Waals surface area contributed by atoms with Crippen LogP contribution in [0.15, 0.2) is 65.8 Å². The third-order valence-corrected chi connectivity index (χ3v) is 5.38. The molecule has 6 nitrogen and oxygen atoms in total. The number of benzene rings is 3. The van der Waals surface area contributed by atoms with E-state index < -0.39 is 35.9 Å². The van der Waals surface area contributed by atoms with Crippen LogP contribution >= 0.6 is 0 Å². The molecular weight excluding hydrogens is 473 g/mol. The number of amides is 2. The number of hydrogen-bond acceptors (Lipinski definition) is 4. The minimum absolute atomic E-state index is 0.157. The first-order valence-electron chi connectivity index (χ1n) is 10.4. The lowest BCUT2D eigenvalue weighted by Gasteiger charge is -2.30. The summed E-state index contributed by atoms with van der Waals surface area (Å²) in [5.41, 5.74) is 0.838. The van der Waals surface area contributed by atoms with Crippen LogP contribution < -0.4 is 14.4 Å². The van der Waals surface area contributed by atoms with Crippen LogP contribution in [0.3, 0.4) is 0 Å². The molecule has 0 aliphatic carbocycles. The van der Waals surface area contributed by atoms with Gasteiger partial charge in [0.2, 0.25) is 0 Å². The zero-order chi connectivity index (χ0) is 24.7. The summed E-state index contributed by atoms with van der Waals surface area (Å²) < 4.78 is 77.8. The molecule has 0 bridgehead atoms. The van der Waals surface area contributed by atoms with Gasteiger partial charge in [0.15, 0.2) is 11.5 Å². The van der Waals surface area contributed by atoms with Crippen molar-refractivity contribution in [3.05, 3.63) is 72.3 Å². The number of hydrogen-bond donors (Lipinski definition) is 0. The van der Waals surface area contributed by atoms with Crippen molar-refractivity contribution in [3.8, 4) is 22.6 Å². The second kappa shape index (κ2) is 8.57. The smallest absolute Gasteiger partial charge is 0.447 e. The zero-order valence-electron chi connectivity index (χ0n) is 17.8. The number of ether oxygens (including phenoxy) is 2. The molecule has 2 amide bonds. The summed E-state index contributed by atoms with van der Waals surface area (Å²) in [7, 11) is 0. The van der Waals surface area contributed by atoms with Crippen molar-refractivity contribution in [2.24, 2.45) is 5.10 Å². The van der Waals surface area contributed by atoms with Crippen LogP contribution in [-0.2, 0) is 0 Å². The van der Waals surface area contributed by atoms with Crippen LogP contribution in [0.1, 0.15) is 6.42 Å². The van der Waals surface area contributed by atoms with E-state index in [4.69, 9.17) is 0 Å². The van der Waals surface area contributed by atoms with Gasteiger partial charge >= 0.3 is 18.5 Å². The third-order valence-electron chi connectivity index (χ3n) is 5.38. The highest BCUT2D eigenvalue weighted by molar-refractivity contribution is 6.03. The minimum Gasteiger partial charge on any atom is -0.447 e. The number of hydrazone groups is 1. The van der Waals surface area contributed by atoms with E-state index in [2.05, 4.69) is 14.6 Å². The van der Waals surface area contributed by atoms with E-state index in [-0.39, 0.29) is 28.3 Å². The number of alkyl halides is 3. The van der Waals surface area contributed by atoms with E-state index >= 15 is 0 Å². The predicted octanol–water partition coefficient (Wildman–Crippen LogP) is 6.24. The monoisotopic (exact) mass is 489 g/mol. The van der Waals surface area contributed by atoms with Crippen LogP contribution in [0.5, 0.6) is 11.5 Å². The lowest BCUT2D eigenvalue weighted by Crippen LogP contribution is -2.43. The summed E-state index contributed by atoms with van der Waals surface area (Å²) in [6.45, 7) is 0.309. The van der Waals surface area contributed by atoms with Crippen LogP contribution in [0.4, 0.5) is 38.1 Å². The molecule has 2 aliphatic rings. The molecule has 3 aromatic rings. The van der Waals surface area contributed by atoms with Gasteiger partial charge in [-0.25, -0.2) is 18.6 Å². The zero-order valence-corrected chi connectivity index (χ0v) is 17.8. The number of carbonyl (C=O) groups excluding carboxylic acids is 1. The van der Waals surface area contributed by atoms with Gasteiger partial charge in [0.25, 0.3) is 0 Å². The average Bonchev–Trinajstić information content (AvgIpc) is 3.37. The van der Waals surface area contributed by atoms with Gasteiger partial charge in [-0.2, -0.15) is 18.3 Å². The molecule has 1 atom stereocenters. The Morgan fingerprint density at radius 2 is 1.74 bits per heavy atom. The van der Waals surface area contributed by atoms with Crippen molar-refractivity contribution in [3.63, 3.8) is 0 Å². The molecule has 5 rings (SSSR count). The molecule has 0 spiro atoms. The van der Waals surface area contributed by atoms with Crippen molar-refractivity contribution in [2.45, 2.75) is 18.9 Å². The quantitative estimate of drug-likeness (QED) is 0.409. The summed E-state index contributed by atoms with van der Waals surface area (Å²) >= 11 is 0. The van der Waals surface area contributed by atoms with Gasteiger partial charge in [-0.1, -0.05) is 6.07 Å². The van der Waals surface area contributed by atoms with E-state index in [0.29, 0.717) is 13.0 Å². The molecule has 0 radical (unpaired) electrons. The maximum atomic E-state index is 14.4. The fraction of sp³-hybridized carbons (Fsp3) is 0.167. The Hall–Kier alpha value is -4.15. The number of fused-ring (bicyclic) bond motifs is 1. The Morgan fingerprint density at radius 1 is 1.00 bits per heavy atom. The number of anilines is 2. The molecule has 1 unspecified atom stereocenters. The minimum atomic E-state index is -4.17. The van der Waals surface area contributed by atoms with E-state index in [0.717, 1.165) is 30.3 Å². The highest BCUT2D eigenvalue weighted by Gasteiger charge is 2.49. The topological polar surface area (TPSA) is 54.4 Å². The van der Waals surface area contributed by atoms with Crippen LogP contribution in [0, 0.1) is 11.6 Å². The van der Waals surface area contributed by atoms with Crippen molar-refractivity contribution >= 4 is 23.6 Å². The number of carbonyl (C=O) groups is 1. The van der Waals surface area contributed by atoms with Crippen LogP contribution in [-0.4, -0.2) is 36.3 Å². The molecule has 0 fully saturated rings. The molecule has 3 aromatic carbocycles. The number of urea groups is 1. The SMILES string of the molecule is O=C(N1CCC=N1)N(c1ccc(F)cc1)c1ccc(F)cc1-c1ccc2c(c1)OC(F)C(F)(F)O2.